The number of carbonyl (C=O) groups excluding carboxylic acids is 1. The van der Waals surface area contributed by atoms with E-state index in [1.54, 1.807) is 0 Å². The maximum absolute atomic E-state index is 11.6. The second kappa shape index (κ2) is 5.12. The Balaban J connectivity index is 1.89. The van der Waals surface area contributed by atoms with Gasteiger partial charge in [0.2, 0.25) is 0 Å². The van der Waals surface area contributed by atoms with Crippen molar-refractivity contribution in [2.45, 2.75) is 25.9 Å². The summed E-state index contributed by atoms with van der Waals surface area (Å²) in [7, 11) is 0. The van der Waals surface area contributed by atoms with Crippen molar-refractivity contribution in [1.29, 1.82) is 0 Å². The lowest BCUT2D eigenvalue weighted by Gasteiger charge is -2.04. The number of ether oxygens (including phenoxy) is 2. The van der Waals surface area contributed by atoms with Crippen LogP contribution in [-0.4, -0.2) is 25.1 Å². The monoisotopic (exact) mass is 220 g/mol. The lowest BCUT2D eigenvalue weighted by molar-refractivity contribution is 0.0981. The number of rotatable bonds is 6. The summed E-state index contributed by atoms with van der Waals surface area (Å²) in [5.41, 5.74) is 0.761. The van der Waals surface area contributed by atoms with Crippen molar-refractivity contribution in [3.63, 3.8) is 0 Å². The molecule has 0 radical (unpaired) electrons. The van der Waals surface area contributed by atoms with Gasteiger partial charge in [0.1, 0.15) is 18.5 Å². The lowest BCUT2D eigenvalue weighted by Crippen LogP contribution is -2.04. The molecule has 16 heavy (non-hydrogen) atoms. The molecule has 0 spiro atoms. The Labute approximate surface area is 95.4 Å². The lowest BCUT2D eigenvalue weighted by atomic mass is 10.1. The average Bonchev–Trinajstić information content (AvgIpc) is 3.11. The van der Waals surface area contributed by atoms with Crippen LogP contribution < -0.4 is 4.74 Å². The molecule has 1 aliphatic heterocycles. The minimum absolute atomic E-state index is 0.194. The molecular formula is C13H16O3. The normalized spacial score (nSPS) is 18.2. The molecule has 0 aliphatic carbocycles. The van der Waals surface area contributed by atoms with Gasteiger partial charge in [-0.15, -0.1) is 0 Å². The van der Waals surface area contributed by atoms with E-state index in [1.807, 2.05) is 31.2 Å². The number of Topliss-reactive ketones (excluding diaryl/α,β-unsaturated/α-hetero) is 1. The molecule has 1 atom stereocenters. The van der Waals surface area contributed by atoms with Gasteiger partial charge in [-0.3, -0.25) is 4.79 Å². The summed E-state index contributed by atoms with van der Waals surface area (Å²) in [4.78, 5) is 11.6. The van der Waals surface area contributed by atoms with Crippen LogP contribution in [0.15, 0.2) is 24.3 Å². The minimum Gasteiger partial charge on any atom is -0.491 e. The number of ketones is 1. The Bertz CT molecular complexity index is 352. The van der Waals surface area contributed by atoms with Crippen LogP contribution in [0, 0.1) is 0 Å². The van der Waals surface area contributed by atoms with E-state index in [1.165, 1.54) is 0 Å². The molecule has 0 saturated carbocycles. The van der Waals surface area contributed by atoms with E-state index in [9.17, 15) is 4.79 Å². The van der Waals surface area contributed by atoms with Crippen molar-refractivity contribution in [3.8, 4) is 5.75 Å². The predicted octanol–water partition coefficient (Wildman–Crippen LogP) is 2.45. The molecule has 86 valence electrons. The second-order valence-corrected chi connectivity index (χ2v) is 3.96. The molecule has 0 amide bonds. The highest BCUT2D eigenvalue weighted by atomic mass is 16.6. The third-order valence-corrected chi connectivity index (χ3v) is 2.49. The molecule has 1 aromatic rings. The molecule has 0 bridgehead atoms. The first kappa shape index (κ1) is 11.1. The molecule has 1 fully saturated rings. The quantitative estimate of drug-likeness (QED) is 0.546. The van der Waals surface area contributed by atoms with Gasteiger partial charge in [-0.2, -0.15) is 0 Å². The predicted molar refractivity (Wildman–Crippen MR) is 60.9 cm³/mol. The Morgan fingerprint density at radius 1 is 1.44 bits per heavy atom. The molecule has 1 unspecified atom stereocenters. The van der Waals surface area contributed by atoms with Gasteiger partial charge in [-0.05, 0) is 30.7 Å². The highest BCUT2D eigenvalue weighted by Crippen LogP contribution is 2.16. The molecule has 3 heteroatoms. The molecule has 1 aromatic carbocycles. The van der Waals surface area contributed by atoms with Crippen molar-refractivity contribution in [2.75, 3.05) is 13.2 Å². The van der Waals surface area contributed by atoms with Gasteiger partial charge in [0.05, 0.1) is 6.61 Å². The van der Waals surface area contributed by atoms with Crippen molar-refractivity contribution in [3.05, 3.63) is 29.8 Å². The molecule has 2 rings (SSSR count). The van der Waals surface area contributed by atoms with Gasteiger partial charge in [0, 0.05) is 12.0 Å². The Kier molecular flexibility index (Phi) is 3.57. The van der Waals surface area contributed by atoms with Crippen LogP contribution in [0.5, 0.6) is 5.75 Å². The molecule has 0 aromatic heterocycles. The number of hydrogen-bond donors (Lipinski definition) is 0. The fourth-order valence-electron chi connectivity index (χ4n) is 1.46. The van der Waals surface area contributed by atoms with Gasteiger partial charge < -0.3 is 9.47 Å². The Hall–Kier alpha value is -1.35. The Morgan fingerprint density at radius 2 is 2.12 bits per heavy atom. The summed E-state index contributed by atoms with van der Waals surface area (Å²) < 4.78 is 10.5. The topological polar surface area (TPSA) is 38.8 Å². The van der Waals surface area contributed by atoms with Gasteiger partial charge in [0.15, 0.2) is 5.78 Å². The van der Waals surface area contributed by atoms with Crippen LogP contribution >= 0.6 is 0 Å². The van der Waals surface area contributed by atoms with Crippen LogP contribution in [0.1, 0.15) is 30.1 Å². The van der Waals surface area contributed by atoms with Crippen LogP contribution in [-0.2, 0) is 4.74 Å². The highest BCUT2D eigenvalue weighted by molar-refractivity contribution is 5.96. The first-order valence-electron chi connectivity index (χ1n) is 5.67. The minimum atomic E-state index is 0.194. The average molecular weight is 220 g/mol. The number of carbonyl (C=O) groups is 1. The van der Waals surface area contributed by atoms with E-state index in [-0.39, 0.29) is 11.9 Å². The van der Waals surface area contributed by atoms with E-state index < -0.39 is 0 Å². The molecule has 3 nitrogen and oxygen atoms in total. The zero-order valence-corrected chi connectivity index (χ0v) is 9.44. The maximum Gasteiger partial charge on any atom is 0.162 e. The van der Waals surface area contributed by atoms with Crippen LogP contribution in [0.4, 0.5) is 0 Å². The van der Waals surface area contributed by atoms with E-state index in [2.05, 4.69) is 0 Å². The molecule has 1 heterocycles. The third-order valence-electron chi connectivity index (χ3n) is 2.49. The third kappa shape index (κ3) is 3.07. The van der Waals surface area contributed by atoms with E-state index in [4.69, 9.17) is 9.47 Å². The number of hydrogen-bond acceptors (Lipinski definition) is 3. The van der Waals surface area contributed by atoms with E-state index >= 15 is 0 Å². The smallest absolute Gasteiger partial charge is 0.162 e. The fourth-order valence-corrected chi connectivity index (χ4v) is 1.46. The Morgan fingerprint density at radius 3 is 2.69 bits per heavy atom. The number of benzene rings is 1. The summed E-state index contributed by atoms with van der Waals surface area (Å²) >= 11 is 0. The van der Waals surface area contributed by atoms with Gasteiger partial charge in [-0.25, -0.2) is 0 Å². The highest BCUT2D eigenvalue weighted by Gasteiger charge is 2.22. The summed E-state index contributed by atoms with van der Waals surface area (Å²) in [6.45, 7) is 3.40. The van der Waals surface area contributed by atoms with Gasteiger partial charge in [0.25, 0.3) is 0 Å². The second-order valence-electron chi connectivity index (χ2n) is 3.96. The SMILES string of the molecule is CCCC(=O)c1ccc(OCC2CO2)cc1. The van der Waals surface area contributed by atoms with Crippen LogP contribution in [0.3, 0.4) is 0 Å². The largest absolute Gasteiger partial charge is 0.491 e. The van der Waals surface area contributed by atoms with Crippen molar-refractivity contribution in [1.82, 2.24) is 0 Å². The first-order valence-corrected chi connectivity index (χ1v) is 5.67. The summed E-state index contributed by atoms with van der Waals surface area (Å²) in [6, 6.07) is 7.32. The van der Waals surface area contributed by atoms with Crippen molar-refractivity contribution >= 4 is 5.78 Å². The molecule has 0 N–H and O–H groups in total. The van der Waals surface area contributed by atoms with Gasteiger partial charge >= 0.3 is 0 Å². The van der Waals surface area contributed by atoms with Crippen LogP contribution in [0.25, 0.3) is 0 Å². The van der Waals surface area contributed by atoms with E-state index in [0.29, 0.717) is 13.0 Å². The molecule has 1 saturated heterocycles. The van der Waals surface area contributed by atoms with Crippen molar-refractivity contribution in [2.24, 2.45) is 0 Å². The van der Waals surface area contributed by atoms with Crippen molar-refractivity contribution < 1.29 is 14.3 Å². The van der Waals surface area contributed by atoms with Gasteiger partial charge in [-0.1, -0.05) is 6.92 Å². The fraction of sp³-hybridized carbons (Fsp3) is 0.462. The molecule has 1 aliphatic rings. The van der Waals surface area contributed by atoms with Crippen LogP contribution in [0.2, 0.25) is 0 Å². The summed E-state index contributed by atoms with van der Waals surface area (Å²) in [6.07, 6.45) is 1.76. The standard InChI is InChI=1S/C13H16O3/c1-2-3-13(14)10-4-6-11(7-5-10)15-8-12-9-16-12/h4-7,12H,2-3,8-9H2,1H3. The molecular weight excluding hydrogens is 204 g/mol. The maximum atomic E-state index is 11.6. The first-order chi connectivity index (χ1) is 7.79. The zero-order chi connectivity index (χ0) is 11.4. The summed E-state index contributed by atoms with van der Waals surface area (Å²) in [5.74, 6) is 0.989. The zero-order valence-electron chi connectivity index (χ0n) is 9.44. The summed E-state index contributed by atoms with van der Waals surface area (Å²) in [5, 5.41) is 0. The number of epoxide rings is 1. The van der Waals surface area contributed by atoms with E-state index in [0.717, 1.165) is 24.3 Å².